The van der Waals surface area contributed by atoms with Crippen molar-refractivity contribution in [1.29, 1.82) is 0 Å². The number of azo groups is 2. The van der Waals surface area contributed by atoms with Gasteiger partial charge in [0.15, 0.2) is 5.75 Å². The van der Waals surface area contributed by atoms with Crippen LogP contribution in [0.4, 0.5) is 22.7 Å². The van der Waals surface area contributed by atoms with E-state index in [1.165, 1.54) is 48.5 Å². The average Bonchev–Trinajstić information content (AvgIpc) is 2.86. The summed E-state index contributed by atoms with van der Waals surface area (Å²) in [6.45, 7) is 0. The molecule has 0 radical (unpaired) electrons. The number of carbonyl (C=O) groups is 2. The Morgan fingerprint density at radius 3 is 2.00 bits per heavy atom. The van der Waals surface area contributed by atoms with Crippen LogP contribution in [0, 0.1) is 0 Å². The third kappa shape index (κ3) is 5.30. The van der Waals surface area contributed by atoms with E-state index in [1.54, 1.807) is 0 Å². The minimum Gasteiger partial charge on any atom is -0.507 e. The highest BCUT2D eigenvalue weighted by Gasteiger charge is 2.22. The number of phenols is 2. The van der Waals surface area contributed by atoms with Gasteiger partial charge >= 0.3 is 11.9 Å². The van der Waals surface area contributed by atoms with E-state index in [1.807, 2.05) is 0 Å². The summed E-state index contributed by atoms with van der Waals surface area (Å²) in [5, 5.41) is 54.4. The molecule has 4 aromatic carbocycles. The van der Waals surface area contributed by atoms with E-state index in [9.17, 15) is 37.9 Å². The minimum atomic E-state index is -4.93. The molecule has 38 heavy (non-hydrogen) atoms. The Bertz CT molecular complexity index is 1780. The van der Waals surface area contributed by atoms with Gasteiger partial charge in [-0.1, -0.05) is 12.1 Å². The van der Waals surface area contributed by atoms with Crippen molar-refractivity contribution in [2.24, 2.45) is 20.5 Å². The molecule has 4 aromatic rings. The van der Waals surface area contributed by atoms with Gasteiger partial charge in [0, 0.05) is 5.39 Å². The van der Waals surface area contributed by atoms with Crippen molar-refractivity contribution < 1.29 is 43.0 Å². The summed E-state index contributed by atoms with van der Waals surface area (Å²) in [4.78, 5) is 21.8. The molecule has 0 amide bonds. The summed E-state index contributed by atoms with van der Waals surface area (Å²) in [6.07, 6.45) is 0. The maximum absolute atomic E-state index is 12.1. The van der Waals surface area contributed by atoms with Crippen LogP contribution >= 0.6 is 0 Å². The molecule has 192 valence electrons. The van der Waals surface area contributed by atoms with E-state index in [0.29, 0.717) is 0 Å². The quantitative estimate of drug-likeness (QED) is 0.144. The fourth-order valence-corrected chi connectivity index (χ4v) is 4.07. The molecule has 0 aliphatic rings. The number of phenolic OH excluding ortho intramolecular Hbond substituents is 1. The van der Waals surface area contributed by atoms with Crippen LogP contribution in [0.25, 0.3) is 10.8 Å². The third-order valence-electron chi connectivity index (χ3n) is 5.20. The number of fused-ring (bicyclic) bond motifs is 1. The number of carboxylic acid groups (broad SMARTS) is 2. The van der Waals surface area contributed by atoms with Crippen LogP contribution in [0.3, 0.4) is 0 Å². The molecule has 0 fully saturated rings. The lowest BCUT2D eigenvalue weighted by Crippen LogP contribution is -1.99. The number of hydrogen-bond acceptors (Lipinski definition) is 10. The highest BCUT2D eigenvalue weighted by atomic mass is 32.2. The fourth-order valence-electron chi connectivity index (χ4n) is 3.41. The average molecular weight is 536 g/mol. The van der Waals surface area contributed by atoms with Gasteiger partial charge in [0.25, 0.3) is 10.1 Å². The third-order valence-corrected chi connectivity index (χ3v) is 6.06. The van der Waals surface area contributed by atoms with Crippen molar-refractivity contribution in [3.8, 4) is 11.5 Å². The first-order chi connectivity index (χ1) is 18.0. The number of carboxylic acids is 2. The van der Waals surface area contributed by atoms with Crippen molar-refractivity contribution in [2.45, 2.75) is 4.90 Å². The fraction of sp³-hybridized carbons (Fsp3) is 0. The predicted octanol–water partition coefficient (Wildman–Crippen LogP) is 5.72. The standard InChI is InChI=1S/C24H16N4O9S/c29-19-8-6-14(11-17(19)24(33)34)26-25-13-5-7-15-12(9-13)10-20(38(35,36)37)21(22(15)30)28-27-18-4-2-1-3-16(18)23(31)32/h1-11,29-30H,(H,31,32)(H,33,34)(H,35,36,37). The van der Waals surface area contributed by atoms with Gasteiger partial charge in [0.1, 0.15) is 27.6 Å². The van der Waals surface area contributed by atoms with Crippen molar-refractivity contribution in [2.75, 3.05) is 0 Å². The zero-order valence-electron chi connectivity index (χ0n) is 18.9. The summed E-state index contributed by atoms with van der Waals surface area (Å²) in [5.74, 6) is -3.77. The van der Waals surface area contributed by atoms with E-state index >= 15 is 0 Å². The van der Waals surface area contributed by atoms with Crippen molar-refractivity contribution in [3.63, 3.8) is 0 Å². The van der Waals surface area contributed by atoms with E-state index in [2.05, 4.69) is 20.5 Å². The molecule has 13 nitrogen and oxygen atoms in total. The van der Waals surface area contributed by atoms with Gasteiger partial charge in [0.2, 0.25) is 0 Å². The van der Waals surface area contributed by atoms with Crippen LogP contribution in [0.15, 0.2) is 92.1 Å². The molecule has 0 aliphatic heterocycles. The number of aromatic hydroxyl groups is 2. The van der Waals surface area contributed by atoms with Gasteiger partial charge in [-0.15, -0.1) is 10.2 Å². The Hall–Kier alpha value is -5.21. The highest BCUT2D eigenvalue weighted by Crippen LogP contribution is 2.42. The first-order valence-electron chi connectivity index (χ1n) is 10.4. The second-order valence-corrected chi connectivity index (χ2v) is 9.07. The number of rotatable bonds is 7. The second-order valence-electron chi connectivity index (χ2n) is 7.68. The topological polar surface area (TPSA) is 219 Å². The minimum absolute atomic E-state index is 0.106. The largest absolute Gasteiger partial charge is 0.507 e. The molecule has 5 N–H and O–H groups in total. The van der Waals surface area contributed by atoms with Crippen LogP contribution in [0.1, 0.15) is 20.7 Å². The lowest BCUT2D eigenvalue weighted by Gasteiger charge is -2.09. The molecule has 0 unspecified atom stereocenters. The normalized spacial score (nSPS) is 11.9. The highest BCUT2D eigenvalue weighted by molar-refractivity contribution is 7.86. The van der Waals surface area contributed by atoms with Crippen molar-refractivity contribution in [3.05, 3.63) is 77.9 Å². The summed E-state index contributed by atoms with van der Waals surface area (Å²) in [7, 11) is -4.93. The van der Waals surface area contributed by atoms with Crippen LogP contribution in [0.5, 0.6) is 11.5 Å². The van der Waals surface area contributed by atoms with Gasteiger partial charge in [-0.2, -0.15) is 18.6 Å². The smallest absolute Gasteiger partial charge is 0.339 e. The molecular formula is C24H16N4O9S. The molecule has 14 heteroatoms. The molecule has 0 aromatic heterocycles. The molecule has 0 spiro atoms. The zero-order chi connectivity index (χ0) is 27.6. The maximum Gasteiger partial charge on any atom is 0.339 e. The van der Waals surface area contributed by atoms with Crippen molar-refractivity contribution in [1.82, 2.24) is 0 Å². The lowest BCUT2D eigenvalue weighted by molar-refractivity contribution is 0.0684. The van der Waals surface area contributed by atoms with Gasteiger partial charge in [0.05, 0.1) is 16.9 Å². The lowest BCUT2D eigenvalue weighted by atomic mass is 10.1. The van der Waals surface area contributed by atoms with Crippen LogP contribution in [-0.2, 0) is 10.1 Å². The molecule has 0 aliphatic carbocycles. The molecule has 0 heterocycles. The Balaban J connectivity index is 1.79. The SMILES string of the molecule is O=C(O)c1cc(N=Nc2ccc3c(O)c(N=Nc4ccccc4C(=O)O)c(S(=O)(=O)O)cc3c2)ccc1O. The number of nitrogens with zero attached hydrogens (tertiary/aromatic N) is 4. The molecule has 0 saturated heterocycles. The molecular weight excluding hydrogens is 520 g/mol. The Morgan fingerprint density at radius 2 is 1.34 bits per heavy atom. The zero-order valence-corrected chi connectivity index (χ0v) is 19.7. The van der Waals surface area contributed by atoms with Crippen molar-refractivity contribution >= 4 is 55.6 Å². The number of hydrogen-bond donors (Lipinski definition) is 5. The maximum atomic E-state index is 12.1. The Kier molecular flexibility index (Phi) is 6.83. The summed E-state index contributed by atoms with van der Waals surface area (Å²) < 4.78 is 33.9. The first kappa shape index (κ1) is 25.9. The Morgan fingerprint density at radius 1 is 0.711 bits per heavy atom. The summed E-state index contributed by atoms with van der Waals surface area (Å²) >= 11 is 0. The van der Waals surface area contributed by atoms with E-state index < -0.39 is 44.1 Å². The molecule has 0 bridgehead atoms. The van der Waals surface area contributed by atoms with Gasteiger partial charge < -0.3 is 20.4 Å². The molecule has 0 atom stereocenters. The van der Waals surface area contributed by atoms with Crippen LogP contribution < -0.4 is 0 Å². The summed E-state index contributed by atoms with van der Waals surface area (Å²) in [5.41, 5.74) is -1.04. The first-order valence-corrected chi connectivity index (χ1v) is 11.9. The van der Waals surface area contributed by atoms with Gasteiger partial charge in [-0.3, -0.25) is 4.55 Å². The van der Waals surface area contributed by atoms with E-state index in [0.717, 1.165) is 18.2 Å². The van der Waals surface area contributed by atoms with Crippen LogP contribution in [0.2, 0.25) is 0 Å². The number of benzene rings is 4. The number of aromatic carboxylic acids is 2. The monoisotopic (exact) mass is 536 g/mol. The van der Waals surface area contributed by atoms with E-state index in [4.69, 9.17) is 5.11 Å². The van der Waals surface area contributed by atoms with Crippen LogP contribution in [-0.4, -0.2) is 45.3 Å². The predicted molar refractivity (Wildman–Crippen MR) is 132 cm³/mol. The molecule has 0 saturated carbocycles. The van der Waals surface area contributed by atoms with Gasteiger partial charge in [-0.05, 0) is 60.0 Å². The van der Waals surface area contributed by atoms with E-state index in [-0.39, 0.29) is 39.0 Å². The summed E-state index contributed by atoms with van der Waals surface area (Å²) in [6, 6.07) is 14.2. The Labute approximate surface area is 213 Å². The second kappa shape index (κ2) is 10.0. The van der Waals surface area contributed by atoms with Gasteiger partial charge in [-0.25, -0.2) is 9.59 Å². The molecule has 4 rings (SSSR count).